The van der Waals surface area contributed by atoms with Gasteiger partial charge in [0.2, 0.25) is 0 Å². The van der Waals surface area contributed by atoms with Crippen LogP contribution in [-0.2, 0) is 0 Å². The number of hydrogen-bond acceptors (Lipinski definition) is 2. The molecule has 1 aliphatic rings. The first kappa shape index (κ1) is 5.24. The van der Waals surface area contributed by atoms with Gasteiger partial charge in [0, 0.05) is 0 Å². The van der Waals surface area contributed by atoms with Crippen molar-refractivity contribution in [2.45, 2.75) is 0 Å². The monoisotopic (exact) mass is 114 g/mol. The van der Waals surface area contributed by atoms with Crippen molar-refractivity contribution in [1.29, 1.82) is 0 Å². The van der Waals surface area contributed by atoms with E-state index in [0.717, 1.165) is 0 Å². The van der Waals surface area contributed by atoms with E-state index in [0.29, 0.717) is 0 Å². The number of nitrogens with one attached hydrogen (secondary N) is 1. The lowest BCUT2D eigenvalue weighted by molar-refractivity contribution is -0.810. The Balaban J connectivity index is 2.82. The summed E-state index contributed by atoms with van der Waals surface area (Å²) >= 11 is 0. The van der Waals surface area contributed by atoms with Crippen molar-refractivity contribution < 1.29 is 9.39 Å². The molecule has 0 radical (unpaired) electrons. The van der Waals surface area contributed by atoms with Crippen LogP contribution in [0, 0.1) is 0 Å². The molecule has 0 aromatic rings. The van der Waals surface area contributed by atoms with Gasteiger partial charge in [0.1, 0.15) is 14.1 Å². The van der Waals surface area contributed by atoms with Gasteiger partial charge in [0.15, 0.2) is 6.34 Å². The molecule has 0 saturated carbocycles. The molecule has 0 aromatic heterocycles. The molecule has 0 fully saturated rings. The van der Waals surface area contributed by atoms with Crippen molar-refractivity contribution in [3.8, 4) is 0 Å². The Morgan fingerprint density at radius 2 is 2.38 bits per heavy atom. The molecule has 1 aliphatic heterocycles. The first-order valence-corrected chi connectivity index (χ1v) is 2.32. The zero-order valence-corrected chi connectivity index (χ0v) is 4.88. The van der Waals surface area contributed by atoms with Crippen molar-refractivity contribution in [3.63, 3.8) is 0 Å². The standard InChI is InChI=1S/C4H7N3O/c1-7(2)4(8)5-3-6-7/h3H,1-2H3/p+1. The zero-order valence-electron chi connectivity index (χ0n) is 4.88. The fourth-order valence-electron chi connectivity index (χ4n) is 0.439. The highest BCUT2D eigenvalue weighted by Crippen LogP contribution is 2.00. The van der Waals surface area contributed by atoms with E-state index in [-0.39, 0.29) is 10.6 Å². The number of quaternary nitrogens is 1. The molecular weight excluding hydrogens is 106 g/mol. The van der Waals surface area contributed by atoms with Gasteiger partial charge in [-0.05, 0) is 0 Å². The minimum Gasteiger partial charge on any atom is -0.259 e. The molecule has 2 amide bonds. The number of urea groups is 1. The molecule has 0 unspecified atom stereocenters. The summed E-state index contributed by atoms with van der Waals surface area (Å²) < 4.78 is 0.0556. The van der Waals surface area contributed by atoms with Gasteiger partial charge in [-0.3, -0.25) is 5.32 Å². The predicted molar refractivity (Wildman–Crippen MR) is 29.1 cm³/mol. The normalized spacial score (nSPS) is 23.5. The molecule has 1 rings (SSSR count). The van der Waals surface area contributed by atoms with Gasteiger partial charge in [0.25, 0.3) is 0 Å². The Morgan fingerprint density at radius 3 is 2.50 bits per heavy atom. The van der Waals surface area contributed by atoms with Crippen LogP contribution in [0.5, 0.6) is 0 Å². The number of rotatable bonds is 0. The fourth-order valence-corrected chi connectivity index (χ4v) is 0.439. The van der Waals surface area contributed by atoms with Crippen LogP contribution < -0.4 is 5.32 Å². The van der Waals surface area contributed by atoms with Gasteiger partial charge in [-0.1, -0.05) is 5.10 Å². The molecule has 0 aliphatic carbocycles. The number of carbonyl (C=O) groups excluding carboxylic acids is 1. The van der Waals surface area contributed by atoms with Crippen LogP contribution in [0.4, 0.5) is 4.79 Å². The Labute approximate surface area is 47.4 Å². The molecule has 0 aromatic carbocycles. The van der Waals surface area contributed by atoms with Gasteiger partial charge < -0.3 is 0 Å². The summed E-state index contributed by atoms with van der Waals surface area (Å²) in [7, 11) is 3.41. The van der Waals surface area contributed by atoms with Crippen LogP contribution in [-0.4, -0.2) is 31.1 Å². The minimum atomic E-state index is -0.0926. The maximum absolute atomic E-state index is 10.6. The Hall–Kier alpha value is -0.900. The van der Waals surface area contributed by atoms with Crippen LogP contribution in [0.1, 0.15) is 0 Å². The number of nitrogens with zero attached hydrogens (tertiary/aromatic N) is 2. The quantitative estimate of drug-likeness (QED) is 0.433. The molecule has 0 saturated heterocycles. The highest BCUT2D eigenvalue weighted by atomic mass is 16.2. The number of carbonyl (C=O) groups is 1. The molecule has 1 N–H and O–H groups in total. The topological polar surface area (TPSA) is 41.5 Å². The molecular formula is C4H8N3O+. The van der Waals surface area contributed by atoms with Gasteiger partial charge in [-0.15, -0.1) is 4.59 Å². The van der Waals surface area contributed by atoms with Crippen LogP contribution in [0.2, 0.25) is 0 Å². The molecule has 0 bridgehead atoms. The third kappa shape index (κ3) is 0.586. The zero-order chi connectivity index (χ0) is 6.20. The molecule has 44 valence electrons. The molecule has 0 spiro atoms. The highest BCUT2D eigenvalue weighted by molar-refractivity contribution is 5.84. The molecule has 1 heterocycles. The van der Waals surface area contributed by atoms with E-state index < -0.39 is 0 Å². The second-order valence-electron chi connectivity index (χ2n) is 2.09. The van der Waals surface area contributed by atoms with Crippen LogP contribution in [0.3, 0.4) is 0 Å². The Bertz CT molecular complexity index is 149. The number of hydrogen-bond donors (Lipinski definition) is 1. The van der Waals surface area contributed by atoms with Gasteiger partial charge in [-0.2, -0.15) is 0 Å². The summed E-state index contributed by atoms with van der Waals surface area (Å²) in [5, 5.41) is 6.25. The summed E-state index contributed by atoms with van der Waals surface area (Å²) in [6, 6.07) is -0.0926. The Kier molecular flexibility index (Phi) is 0.844. The lowest BCUT2D eigenvalue weighted by Gasteiger charge is -2.10. The smallest absolute Gasteiger partial charge is 0.259 e. The molecule has 0 atom stereocenters. The third-order valence-corrected chi connectivity index (χ3v) is 1.03. The van der Waals surface area contributed by atoms with Crippen LogP contribution in [0.15, 0.2) is 5.10 Å². The molecule has 8 heavy (non-hydrogen) atoms. The fraction of sp³-hybridized carbons (Fsp3) is 0.500. The van der Waals surface area contributed by atoms with Gasteiger partial charge >= 0.3 is 6.03 Å². The van der Waals surface area contributed by atoms with E-state index in [1.807, 2.05) is 0 Å². The Morgan fingerprint density at radius 1 is 1.75 bits per heavy atom. The van der Waals surface area contributed by atoms with E-state index in [1.54, 1.807) is 14.1 Å². The first-order valence-electron chi connectivity index (χ1n) is 2.32. The van der Waals surface area contributed by atoms with Crippen LogP contribution in [0.25, 0.3) is 0 Å². The van der Waals surface area contributed by atoms with Crippen molar-refractivity contribution in [2.24, 2.45) is 5.10 Å². The second-order valence-corrected chi connectivity index (χ2v) is 2.09. The van der Waals surface area contributed by atoms with E-state index in [4.69, 9.17) is 0 Å². The summed E-state index contributed by atoms with van der Waals surface area (Å²) in [6.45, 7) is 0. The maximum Gasteiger partial charge on any atom is 0.447 e. The van der Waals surface area contributed by atoms with Crippen molar-refractivity contribution >= 4 is 12.4 Å². The summed E-state index contributed by atoms with van der Waals surface area (Å²) in [5.74, 6) is 0. The lowest BCUT2D eigenvalue weighted by Crippen LogP contribution is -2.40. The number of amides is 2. The first-order chi connectivity index (χ1) is 3.63. The molecule has 4 heteroatoms. The van der Waals surface area contributed by atoms with Gasteiger partial charge in [-0.25, -0.2) is 4.79 Å². The molecule has 4 nitrogen and oxygen atoms in total. The summed E-state index contributed by atoms with van der Waals surface area (Å²) in [5.41, 5.74) is 0. The van der Waals surface area contributed by atoms with Crippen LogP contribution >= 0.6 is 0 Å². The summed E-state index contributed by atoms with van der Waals surface area (Å²) in [6.07, 6.45) is 1.41. The predicted octanol–water partition coefficient (Wildman–Crippen LogP) is -0.271. The van der Waals surface area contributed by atoms with E-state index >= 15 is 0 Å². The lowest BCUT2D eigenvalue weighted by atomic mass is 10.8. The second kappa shape index (κ2) is 1.29. The van der Waals surface area contributed by atoms with Crippen molar-refractivity contribution in [1.82, 2.24) is 5.32 Å². The minimum absolute atomic E-state index is 0.0556. The largest absolute Gasteiger partial charge is 0.447 e. The van der Waals surface area contributed by atoms with E-state index in [9.17, 15) is 4.79 Å². The highest BCUT2D eigenvalue weighted by Gasteiger charge is 2.29. The van der Waals surface area contributed by atoms with E-state index in [2.05, 4.69) is 10.4 Å². The van der Waals surface area contributed by atoms with E-state index in [1.165, 1.54) is 6.34 Å². The third-order valence-electron chi connectivity index (χ3n) is 1.03. The van der Waals surface area contributed by atoms with Gasteiger partial charge in [0.05, 0.1) is 0 Å². The average molecular weight is 114 g/mol. The summed E-state index contributed by atoms with van der Waals surface area (Å²) in [4.78, 5) is 10.6. The average Bonchev–Trinajstić information content (AvgIpc) is 1.86. The SMILES string of the molecule is C[N+]1(C)N=CNC1=O. The van der Waals surface area contributed by atoms with Crippen molar-refractivity contribution in [3.05, 3.63) is 0 Å². The van der Waals surface area contributed by atoms with Crippen molar-refractivity contribution in [2.75, 3.05) is 14.1 Å². The maximum atomic E-state index is 10.6.